The molecule has 1 spiro atoms. The Morgan fingerprint density at radius 2 is 1.68 bits per heavy atom. The van der Waals surface area contributed by atoms with Crippen LogP contribution in [-0.2, 0) is 28.7 Å². The summed E-state index contributed by atoms with van der Waals surface area (Å²) in [5.74, 6) is -4.68. The lowest BCUT2D eigenvalue weighted by molar-refractivity contribution is -0.254. The molecule has 5 rings (SSSR count). The Morgan fingerprint density at radius 3 is 2.30 bits per heavy atom. The van der Waals surface area contributed by atoms with E-state index in [9.17, 15) is 19.2 Å². The predicted molar refractivity (Wildman–Crippen MR) is 129 cm³/mol. The standard InChI is InChI=1S/C27H26N2O8/c1-14(30)22-21(16-10-11-19(35-15(2)31)20(12-16)34-5)27(24(32)36-26(3,4)37-25(27)33)23-18-9-7-6-8-17(18)13-28-29(22)23/h6-13,21-23H,1-5H3/t21-,22-,23?/m0/s1. The lowest BCUT2D eigenvalue weighted by atomic mass is 9.65. The van der Waals surface area contributed by atoms with Crippen LogP contribution < -0.4 is 9.47 Å². The summed E-state index contributed by atoms with van der Waals surface area (Å²) in [5, 5.41) is 6.04. The van der Waals surface area contributed by atoms with Crippen molar-refractivity contribution >= 4 is 29.9 Å². The smallest absolute Gasteiger partial charge is 0.330 e. The summed E-state index contributed by atoms with van der Waals surface area (Å²) in [5.41, 5.74) is -0.195. The number of hydrogen-bond acceptors (Lipinski definition) is 10. The normalized spacial score (nSPS) is 24.6. The number of cyclic esters (lactones) is 2. The molecule has 2 aromatic carbocycles. The maximum Gasteiger partial charge on any atom is 0.330 e. The SMILES string of the molecule is COc1cc([C@H]2[C@H](C(C)=O)N3N=Cc4ccccc4C3C23C(=O)OC(C)(C)OC3=O)ccc1OC(C)=O. The lowest BCUT2D eigenvalue weighted by Gasteiger charge is -2.44. The number of rotatable bonds is 4. The van der Waals surface area contributed by atoms with Crippen LogP contribution in [0.1, 0.15) is 56.3 Å². The van der Waals surface area contributed by atoms with Gasteiger partial charge in [0.05, 0.1) is 13.3 Å². The summed E-state index contributed by atoms with van der Waals surface area (Å²) < 4.78 is 22.0. The van der Waals surface area contributed by atoms with Crippen molar-refractivity contribution < 1.29 is 38.1 Å². The fourth-order valence-corrected chi connectivity index (χ4v) is 5.65. The molecule has 0 N–H and O–H groups in total. The van der Waals surface area contributed by atoms with E-state index in [-0.39, 0.29) is 17.3 Å². The third kappa shape index (κ3) is 3.58. The van der Waals surface area contributed by atoms with Gasteiger partial charge in [0, 0.05) is 26.7 Å². The second-order valence-electron chi connectivity index (χ2n) is 9.74. The van der Waals surface area contributed by atoms with E-state index in [0.717, 1.165) is 0 Å². The molecule has 10 nitrogen and oxygen atoms in total. The van der Waals surface area contributed by atoms with Gasteiger partial charge in [-0.3, -0.25) is 24.2 Å². The van der Waals surface area contributed by atoms with E-state index in [2.05, 4.69) is 5.10 Å². The first-order chi connectivity index (χ1) is 17.5. The van der Waals surface area contributed by atoms with Gasteiger partial charge in [0.2, 0.25) is 5.41 Å². The number of carbonyl (C=O) groups excluding carboxylic acids is 4. The highest BCUT2D eigenvalue weighted by atomic mass is 16.7. The topological polar surface area (TPSA) is 121 Å². The van der Waals surface area contributed by atoms with Gasteiger partial charge in [-0.15, -0.1) is 0 Å². The minimum absolute atomic E-state index is 0.154. The number of nitrogens with zero attached hydrogens (tertiary/aromatic N) is 2. The van der Waals surface area contributed by atoms with E-state index in [1.807, 2.05) is 12.1 Å². The van der Waals surface area contributed by atoms with Crippen molar-refractivity contribution in [3.63, 3.8) is 0 Å². The van der Waals surface area contributed by atoms with Crippen molar-refractivity contribution in [1.29, 1.82) is 0 Å². The van der Waals surface area contributed by atoms with Gasteiger partial charge in [-0.2, -0.15) is 5.10 Å². The number of hydrogen-bond donors (Lipinski definition) is 0. The Morgan fingerprint density at radius 1 is 1.00 bits per heavy atom. The first kappa shape index (κ1) is 24.5. The minimum atomic E-state index is -1.96. The number of hydrazone groups is 1. The number of ketones is 1. The van der Waals surface area contributed by atoms with Gasteiger partial charge in [0.15, 0.2) is 17.3 Å². The van der Waals surface area contributed by atoms with E-state index < -0.39 is 47.1 Å². The van der Waals surface area contributed by atoms with Crippen LogP contribution in [0.3, 0.4) is 0 Å². The van der Waals surface area contributed by atoms with Gasteiger partial charge < -0.3 is 18.9 Å². The van der Waals surface area contributed by atoms with Crippen molar-refractivity contribution in [3.8, 4) is 11.5 Å². The Kier molecular flexibility index (Phi) is 5.58. The largest absolute Gasteiger partial charge is 0.493 e. The highest BCUT2D eigenvalue weighted by Crippen LogP contribution is 2.63. The Bertz CT molecular complexity index is 1340. The van der Waals surface area contributed by atoms with Crippen molar-refractivity contribution in [1.82, 2.24) is 5.01 Å². The molecule has 3 aliphatic heterocycles. The predicted octanol–water partition coefficient (Wildman–Crippen LogP) is 2.89. The van der Waals surface area contributed by atoms with E-state index in [0.29, 0.717) is 16.7 Å². The molecule has 3 heterocycles. The summed E-state index contributed by atoms with van der Waals surface area (Å²) in [6.07, 6.45) is 1.60. The number of ether oxygens (including phenoxy) is 4. The zero-order chi connectivity index (χ0) is 26.7. The van der Waals surface area contributed by atoms with Crippen molar-refractivity contribution in [2.75, 3.05) is 7.11 Å². The molecule has 0 bridgehead atoms. The number of methoxy groups -OCH3 is 1. The highest BCUT2D eigenvalue weighted by molar-refractivity contribution is 6.07. The summed E-state index contributed by atoms with van der Waals surface area (Å²) in [4.78, 5) is 52.8. The van der Waals surface area contributed by atoms with E-state index in [1.165, 1.54) is 45.9 Å². The van der Waals surface area contributed by atoms with Gasteiger partial charge >= 0.3 is 17.9 Å². The number of carbonyl (C=O) groups is 4. The van der Waals surface area contributed by atoms with Crippen molar-refractivity contribution in [2.45, 2.75) is 51.5 Å². The van der Waals surface area contributed by atoms with E-state index in [1.54, 1.807) is 30.5 Å². The number of esters is 3. The fourth-order valence-electron chi connectivity index (χ4n) is 5.65. The summed E-state index contributed by atoms with van der Waals surface area (Å²) in [6.45, 7) is 5.60. The van der Waals surface area contributed by atoms with Gasteiger partial charge in [-0.1, -0.05) is 30.3 Å². The molecular formula is C27H26N2O8. The molecule has 0 radical (unpaired) electrons. The molecule has 3 atom stereocenters. The molecular weight excluding hydrogens is 480 g/mol. The van der Waals surface area contributed by atoms with Gasteiger partial charge in [0.25, 0.3) is 5.79 Å². The van der Waals surface area contributed by atoms with Crippen molar-refractivity contribution in [2.24, 2.45) is 10.5 Å². The first-order valence-electron chi connectivity index (χ1n) is 11.8. The molecule has 192 valence electrons. The Labute approximate surface area is 213 Å². The Hall–Kier alpha value is -4.21. The van der Waals surface area contributed by atoms with Crippen molar-refractivity contribution in [3.05, 3.63) is 59.2 Å². The average Bonchev–Trinajstić information content (AvgIpc) is 3.15. The minimum Gasteiger partial charge on any atom is -0.493 e. The second kappa shape index (κ2) is 8.43. The van der Waals surface area contributed by atoms with Crippen LogP contribution in [0.25, 0.3) is 0 Å². The molecule has 2 fully saturated rings. The summed E-state index contributed by atoms with van der Waals surface area (Å²) >= 11 is 0. The lowest BCUT2D eigenvalue weighted by Crippen LogP contribution is -2.58. The second-order valence-corrected chi connectivity index (χ2v) is 9.74. The van der Waals surface area contributed by atoms with Gasteiger partial charge in [-0.05, 0) is 35.7 Å². The quantitative estimate of drug-likeness (QED) is 0.350. The molecule has 2 aromatic rings. The van der Waals surface area contributed by atoms with Gasteiger partial charge in [-0.25, -0.2) is 0 Å². The number of fused-ring (bicyclic) bond motifs is 4. The van der Waals surface area contributed by atoms with Crippen LogP contribution in [-0.4, -0.2) is 53.9 Å². The molecule has 37 heavy (non-hydrogen) atoms. The van der Waals surface area contributed by atoms with Crippen LogP contribution in [0.5, 0.6) is 11.5 Å². The molecule has 0 aromatic heterocycles. The fraction of sp³-hybridized carbons (Fsp3) is 0.370. The monoisotopic (exact) mass is 506 g/mol. The third-order valence-corrected chi connectivity index (χ3v) is 6.98. The number of Topliss-reactive ketones (excluding diaryl/α,β-unsaturated/α-hetero) is 1. The zero-order valence-corrected chi connectivity index (χ0v) is 21.0. The third-order valence-electron chi connectivity index (χ3n) is 6.98. The number of benzene rings is 2. The molecule has 2 saturated heterocycles. The molecule has 3 aliphatic rings. The highest BCUT2D eigenvalue weighted by Gasteiger charge is 2.74. The van der Waals surface area contributed by atoms with Crippen LogP contribution in [0, 0.1) is 5.41 Å². The Balaban J connectivity index is 1.79. The summed E-state index contributed by atoms with van der Waals surface area (Å²) in [7, 11) is 1.40. The van der Waals surface area contributed by atoms with Crippen LogP contribution in [0.15, 0.2) is 47.6 Å². The molecule has 0 aliphatic carbocycles. The van der Waals surface area contributed by atoms with Crippen LogP contribution in [0.2, 0.25) is 0 Å². The average molecular weight is 507 g/mol. The van der Waals surface area contributed by atoms with Gasteiger partial charge in [0.1, 0.15) is 12.1 Å². The molecule has 10 heteroatoms. The maximum absolute atomic E-state index is 14.0. The molecule has 0 amide bonds. The van der Waals surface area contributed by atoms with E-state index in [4.69, 9.17) is 18.9 Å². The van der Waals surface area contributed by atoms with Crippen LogP contribution >= 0.6 is 0 Å². The summed E-state index contributed by atoms with van der Waals surface area (Å²) in [6, 6.07) is 9.89. The van der Waals surface area contributed by atoms with Crippen LogP contribution in [0.4, 0.5) is 0 Å². The first-order valence-corrected chi connectivity index (χ1v) is 11.8. The van der Waals surface area contributed by atoms with E-state index >= 15 is 0 Å². The zero-order valence-electron chi connectivity index (χ0n) is 21.0. The maximum atomic E-state index is 14.0. The molecule has 0 saturated carbocycles. The molecule has 1 unspecified atom stereocenters.